The van der Waals surface area contributed by atoms with Crippen molar-refractivity contribution in [1.29, 1.82) is 0 Å². The summed E-state index contributed by atoms with van der Waals surface area (Å²) >= 11 is 3.59. The monoisotopic (exact) mass is 307 g/mol. The van der Waals surface area contributed by atoms with Crippen LogP contribution in [0.4, 0.5) is 5.69 Å². The largest absolute Gasteiger partial charge is 0.376 e. The molecule has 0 spiro atoms. The van der Waals surface area contributed by atoms with Gasteiger partial charge in [-0.05, 0) is 32.4 Å². The first-order valence-electron chi connectivity index (χ1n) is 6.02. The SMILES string of the molecule is Cc1nn(C)c(C)c1NC(C)c1ccccc1Br. The summed E-state index contributed by atoms with van der Waals surface area (Å²) in [5, 5.41) is 7.97. The Hall–Kier alpha value is -1.29. The lowest BCUT2D eigenvalue weighted by molar-refractivity contribution is 0.731. The van der Waals surface area contributed by atoms with Crippen molar-refractivity contribution in [3.8, 4) is 0 Å². The molecule has 0 bridgehead atoms. The van der Waals surface area contributed by atoms with Crippen LogP contribution >= 0.6 is 15.9 Å². The van der Waals surface area contributed by atoms with Crippen molar-refractivity contribution in [2.75, 3.05) is 5.32 Å². The van der Waals surface area contributed by atoms with Gasteiger partial charge in [-0.1, -0.05) is 34.1 Å². The Balaban J connectivity index is 2.27. The highest BCUT2D eigenvalue weighted by Crippen LogP contribution is 2.28. The van der Waals surface area contributed by atoms with Crippen LogP contribution in [0.3, 0.4) is 0 Å². The molecule has 0 aliphatic carbocycles. The zero-order valence-electron chi connectivity index (χ0n) is 11.2. The molecule has 1 heterocycles. The van der Waals surface area contributed by atoms with E-state index < -0.39 is 0 Å². The van der Waals surface area contributed by atoms with Crippen LogP contribution in [0.1, 0.15) is 29.9 Å². The number of benzene rings is 1. The Bertz CT molecular complexity index is 560. The van der Waals surface area contributed by atoms with Crippen molar-refractivity contribution in [3.63, 3.8) is 0 Å². The van der Waals surface area contributed by atoms with Crippen LogP contribution in [0.15, 0.2) is 28.7 Å². The third-order valence-corrected chi connectivity index (χ3v) is 3.96. The molecule has 3 nitrogen and oxygen atoms in total. The molecular formula is C14H18BrN3. The van der Waals surface area contributed by atoms with Crippen LogP contribution in [0.25, 0.3) is 0 Å². The Kier molecular flexibility index (Phi) is 3.76. The fourth-order valence-corrected chi connectivity index (χ4v) is 2.73. The Morgan fingerprint density at radius 1 is 1.28 bits per heavy atom. The average molecular weight is 308 g/mol. The summed E-state index contributed by atoms with van der Waals surface area (Å²) in [5.41, 5.74) is 4.57. The number of hydrogen-bond donors (Lipinski definition) is 1. The van der Waals surface area contributed by atoms with E-state index in [1.54, 1.807) is 0 Å². The van der Waals surface area contributed by atoms with E-state index in [9.17, 15) is 0 Å². The van der Waals surface area contributed by atoms with Gasteiger partial charge in [0.15, 0.2) is 0 Å². The summed E-state index contributed by atoms with van der Waals surface area (Å²) in [6.07, 6.45) is 0. The summed E-state index contributed by atoms with van der Waals surface area (Å²) in [5.74, 6) is 0. The van der Waals surface area contributed by atoms with Gasteiger partial charge in [-0.15, -0.1) is 0 Å². The Labute approximate surface area is 116 Å². The van der Waals surface area contributed by atoms with Gasteiger partial charge in [-0.2, -0.15) is 5.10 Å². The first-order chi connectivity index (χ1) is 8.50. The molecule has 0 fully saturated rings. The van der Waals surface area contributed by atoms with Gasteiger partial charge in [0.1, 0.15) is 0 Å². The van der Waals surface area contributed by atoms with Gasteiger partial charge >= 0.3 is 0 Å². The highest BCUT2D eigenvalue weighted by atomic mass is 79.9. The first-order valence-corrected chi connectivity index (χ1v) is 6.81. The number of hydrogen-bond acceptors (Lipinski definition) is 2. The molecule has 0 aliphatic heterocycles. The van der Waals surface area contributed by atoms with E-state index in [1.807, 2.05) is 24.7 Å². The van der Waals surface area contributed by atoms with Gasteiger partial charge in [-0.3, -0.25) is 4.68 Å². The van der Waals surface area contributed by atoms with Crippen molar-refractivity contribution < 1.29 is 0 Å². The maximum atomic E-state index is 4.42. The molecule has 0 radical (unpaired) electrons. The minimum absolute atomic E-state index is 0.238. The summed E-state index contributed by atoms with van der Waals surface area (Å²) in [7, 11) is 1.97. The molecule has 0 aliphatic rings. The van der Waals surface area contributed by atoms with Crippen molar-refractivity contribution in [2.24, 2.45) is 7.05 Å². The molecule has 0 saturated carbocycles. The molecule has 2 aromatic rings. The van der Waals surface area contributed by atoms with Crippen LogP contribution < -0.4 is 5.32 Å². The van der Waals surface area contributed by atoms with Gasteiger partial charge in [0.2, 0.25) is 0 Å². The zero-order chi connectivity index (χ0) is 13.3. The van der Waals surface area contributed by atoms with Gasteiger partial charge in [-0.25, -0.2) is 0 Å². The Morgan fingerprint density at radius 3 is 2.50 bits per heavy atom. The van der Waals surface area contributed by atoms with Crippen molar-refractivity contribution in [1.82, 2.24) is 9.78 Å². The van der Waals surface area contributed by atoms with Crippen LogP contribution in [-0.4, -0.2) is 9.78 Å². The number of nitrogens with one attached hydrogen (secondary N) is 1. The average Bonchev–Trinajstić information content (AvgIpc) is 2.56. The molecule has 1 N–H and O–H groups in total. The highest BCUT2D eigenvalue weighted by molar-refractivity contribution is 9.10. The van der Waals surface area contributed by atoms with Crippen LogP contribution in [0, 0.1) is 13.8 Å². The highest BCUT2D eigenvalue weighted by Gasteiger charge is 2.14. The van der Waals surface area contributed by atoms with Gasteiger partial charge in [0, 0.05) is 17.6 Å². The Morgan fingerprint density at radius 2 is 1.94 bits per heavy atom. The second-order valence-corrected chi connectivity index (χ2v) is 5.41. The molecule has 96 valence electrons. The number of nitrogens with zero attached hydrogens (tertiary/aromatic N) is 2. The van der Waals surface area contributed by atoms with Crippen molar-refractivity contribution >= 4 is 21.6 Å². The number of aryl methyl sites for hydroxylation is 2. The fourth-order valence-electron chi connectivity index (χ4n) is 2.10. The fraction of sp³-hybridized carbons (Fsp3) is 0.357. The zero-order valence-corrected chi connectivity index (χ0v) is 12.7. The summed E-state index contributed by atoms with van der Waals surface area (Å²) in [4.78, 5) is 0. The maximum Gasteiger partial charge on any atom is 0.0828 e. The number of anilines is 1. The second kappa shape index (κ2) is 5.14. The minimum Gasteiger partial charge on any atom is -0.376 e. The van der Waals surface area contributed by atoms with E-state index in [4.69, 9.17) is 0 Å². The topological polar surface area (TPSA) is 29.9 Å². The lowest BCUT2D eigenvalue weighted by Gasteiger charge is -2.17. The van der Waals surface area contributed by atoms with E-state index in [2.05, 4.69) is 58.4 Å². The van der Waals surface area contributed by atoms with E-state index in [0.717, 1.165) is 21.5 Å². The van der Waals surface area contributed by atoms with Crippen LogP contribution in [0.5, 0.6) is 0 Å². The molecule has 0 saturated heterocycles. The molecular weight excluding hydrogens is 290 g/mol. The van der Waals surface area contributed by atoms with Crippen molar-refractivity contribution in [3.05, 3.63) is 45.7 Å². The molecule has 1 atom stereocenters. The number of halogens is 1. The molecule has 0 amide bonds. The summed E-state index contributed by atoms with van der Waals surface area (Å²) < 4.78 is 3.04. The van der Waals surface area contributed by atoms with E-state index in [-0.39, 0.29) is 6.04 Å². The lowest BCUT2D eigenvalue weighted by Crippen LogP contribution is -2.08. The van der Waals surface area contributed by atoms with E-state index in [0.29, 0.717) is 0 Å². The predicted molar refractivity (Wildman–Crippen MR) is 78.9 cm³/mol. The quantitative estimate of drug-likeness (QED) is 0.929. The normalized spacial score (nSPS) is 12.5. The third kappa shape index (κ3) is 2.43. The van der Waals surface area contributed by atoms with Gasteiger partial charge in [0.25, 0.3) is 0 Å². The minimum atomic E-state index is 0.238. The van der Waals surface area contributed by atoms with Crippen LogP contribution in [-0.2, 0) is 7.05 Å². The predicted octanol–water partition coefficient (Wildman–Crippen LogP) is 3.97. The molecule has 1 unspecified atom stereocenters. The van der Waals surface area contributed by atoms with E-state index >= 15 is 0 Å². The summed E-state index contributed by atoms with van der Waals surface area (Å²) in [6.45, 7) is 6.27. The number of aromatic nitrogens is 2. The third-order valence-electron chi connectivity index (χ3n) is 3.24. The molecule has 1 aromatic carbocycles. The standard InChI is InChI=1S/C14H18BrN3/c1-9(12-7-5-6-8-13(12)15)16-14-10(2)17-18(4)11(14)3/h5-9,16H,1-4H3. The molecule has 4 heteroatoms. The maximum absolute atomic E-state index is 4.42. The molecule has 18 heavy (non-hydrogen) atoms. The first kappa shape index (κ1) is 13.1. The second-order valence-electron chi connectivity index (χ2n) is 4.56. The van der Waals surface area contributed by atoms with Gasteiger partial charge in [0.05, 0.1) is 17.1 Å². The smallest absolute Gasteiger partial charge is 0.0828 e. The lowest BCUT2D eigenvalue weighted by atomic mass is 10.1. The van der Waals surface area contributed by atoms with Crippen molar-refractivity contribution in [2.45, 2.75) is 26.8 Å². The molecule has 2 rings (SSSR count). The molecule has 1 aromatic heterocycles. The van der Waals surface area contributed by atoms with Crippen LogP contribution in [0.2, 0.25) is 0 Å². The van der Waals surface area contributed by atoms with E-state index in [1.165, 1.54) is 5.56 Å². The number of rotatable bonds is 3. The summed E-state index contributed by atoms with van der Waals surface area (Å²) in [6, 6.07) is 8.52. The van der Waals surface area contributed by atoms with Gasteiger partial charge < -0.3 is 5.32 Å².